The highest BCUT2D eigenvalue weighted by atomic mass is 16.5. The molecule has 0 saturated heterocycles. The van der Waals surface area contributed by atoms with E-state index in [0.717, 1.165) is 0 Å². The molecule has 0 aromatic heterocycles. The summed E-state index contributed by atoms with van der Waals surface area (Å²) in [6.07, 6.45) is 0. The van der Waals surface area contributed by atoms with Crippen molar-refractivity contribution in [1.29, 1.82) is 0 Å². The molecule has 0 aliphatic heterocycles. The van der Waals surface area contributed by atoms with Crippen molar-refractivity contribution >= 4 is 5.91 Å². The van der Waals surface area contributed by atoms with Crippen LogP contribution < -0.4 is 0 Å². The van der Waals surface area contributed by atoms with Gasteiger partial charge in [0.2, 0.25) is 5.91 Å². The molecule has 0 N–H and O–H groups in total. The van der Waals surface area contributed by atoms with Crippen molar-refractivity contribution in [2.45, 2.75) is 26.8 Å². The van der Waals surface area contributed by atoms with Gasteiger partial charge in [-0.1, -0.05) is 13.8 Å². The third kappa shape index (κ3) is 5.14. The van der Waals surface area contributed by atoms with Gasteiger partial charge in [-0.25, -0.2) is 0 Å². The number of carbonyl (C=O) groups is 1. The van der Waals surface area contributed by atoms with Gasteiger partial charge in [0.1, 0.15) is 0 Å². The zero-order valence-electron chi connectivity index (χ0n) is 10.4. The molecule has 0 aliphatic rings. The maximum absolute atomic E-state index is 11.9. The van der Waals surface area contributed by atoms with Crippen molar-refractivity contribution in [3.63, 3.8) is 0 Å². The second kappa shape index (κ2) is 7.65. The minimum Gasteiger partial charge on any atom is -0.383 e. The fraction of sp³-hybridized carbons (Fsp3) is 0.909. The van der Waals surface area contributed by atoms with Gasteiger partial charge in [0.15, 0.2) is 0 Å². The highest BCUT2D eigenvalue weighted by Gasteiger charge is 2.21. The quantitative estimate of drug-likeness (QED) is 0.642. The normalized spacial score (nSPS) is 12.9. The molecule has 0 aromatic rings. The molecule has 4 heteroatoms. The second-order valence-electron chi connectivity index (χ2n) is 3.98. The molecule has 0 radical (unpaired) electrons. The highest BCUT2D eigenvalue weighted by Crippen LogP contribution is 2.06. The molecule has 1 amide bonds. The molecule has 1 atom stereocenters. The average molecular weight is 217 g/mol. The molecule has 90 valence electrons. The molecule has 0 saturated carbocycles. The van der Waals surface area contributed by atoms with Crippen LogP contribution in [0.5, 0.6) is 0 Å². The largest absolute Gasteiger partial charge is 0.383 e. The minimum absolute atomic E-state index is 0.0150. The third-order valence-electron chi connectivity index (χ3n) is 2.25. The van der Waals surface area contributed by atoms with Gasteiger partial charge in [-0.3, -0.25) is 4.79 Å². The first-order valence-corrected chi connectivity index (χ1v) is 5.32. The van der Waals surface area contributed by atoms with Gasteiger partial charge < -0.3 is 14.4 Å². The van der Waals surface area contributed by atoms with E-state index in [9.17, 15) is 4.79 Å². The molecule has 1 unspecified atom stereocenters. The van der Waals surface area contributed by atoms with E-state index in [2.05, 4.69) is 0 Å². The molecule has 4 nitrogen and oxygen atoms in total. The van der Waals surface area contributed by atoms with E-state index in [1.807, 2.05) is 25.7 Å². The Morgan fingerprint density at radius 2 is 1.80 bits per heavy atom. The Labute approximate surface area is 92.5 Å². The lowest BCUT2D eigenvalue weighted by Gasteiger charge is -2.30. The van der Waals surface area contributed by atoms with Crippen LogP contribution >= 0.6 is 0 Å². The second-order valence-corrected chi connectivity index (χ2v) is 3.98. The molecular formula is C11H23NO3. The van der Waals surface area contributed by atoms with Gasteiger partial charge in [-0.2, -0.15) is 0 Å². The number of nitrogens with zero attached hydrogens (tertiary/aromatic N) is 1. The van der Waals surface area contributed by atoms with Crippen LogP contribution in [0.4, 0.5) is 0 Å². The number of amides is 1. The van der Waals surface area contributed by atoms with Gasteiger partial charge in [-0.05, 0) is 6.92 Å². The molecule has 0 rings (SSSR count). The van der Waals surface area contributed by atoms with Crippen molar-refractivity contribution in [2.24, 2.45) is 5.92 Å². The Balaban J connectivity index is 4.35. The zero-order valence-corrected chi connectivity index (χ0v) is 10.4. The number of hydrogen-bond donors (Lipinski definition) is 0. The van der Waals surface area contributed by atoms with Crippen LogP contribution in [-0.4, -0.2) is 50.8 Å². The first kappa shape index (κ1) is 14.4. The molecule has 0 spiro atoms. The Morgan fingerprint density at radius 1 is 1.20 bits per heavy atom. The maximum Gasteiger partial charge on any atom is 0.225 e. The fourth-order valence-corrected chi connectivity index (χ4v) is 1.40. The minimum atomic E-state index is 0.0150. The molecule has 0 heterocycles. The standard InChI is InChI=1S/C11H23NO3/c1-9(2)11(13)12(6-7-14-4)10(3)8-15-5/h9-10H,6-8H2,1-5H3. The summed E-state index contributed by atoms with van der Waals surface area (Å²) in [5.74, 6) is 0.165. The Bertz CT molecular complexity index is 183. The number of carbonyl (C=O) groups excluding carboxylic acids is 1. The summed E-state index contributed by atoms with van der Waals surface area (Å²) in [5, 5.41) is 0. The maximum atomic E-state index is 11.9. The van der Waals surface area contributed by atoms with Crippen LogP contribution in [0.15, 0.2) is 0 Å². The van der Waals surface area contributed by atoms with E-state index in [1.54, 1.807) is 14.2 Å². The van der Waals surface area contributed by atoms with Crippen LogP contribution in [0, 0.1) is 5.92 Å². The lowest BCUT2D eigenvalue weighted by atomic mass is 10.1. The highest BCUT2D eigenvalue weighted by molar-refractivity contribution is 5.78. The van der Waals surface area contributed by atoms with Gasteiger partial charge in [0.05, 0.1) is 19.3 Å². The predicted octanol–water partition coefficient (Wildman–Crippen LogP) is 1.15. The van der Waals surface area contributed by atoms with E-state index < -0.39 is 0 Å². The Morgan fingerprint density at radius 3 is 2.20 bits per heavy atom. The lowest BCUT2D eigenvalue weighted by molar-refractivity contribution is -0.138. The average Bonchev–Trinajstić information content (AvgIpc) is 2.18. The molecule has 0 fully saturated rings. The summed E-state index contributed by atoms with van der Waals surface area (Å²) < 4.78 is 10.1. The third-order valence-corrected chi connectivity index (χ3v) is 2.25. The van der Waals surface area contributed by atoms with Crippen molar-refractivity contribution in [3.8, 4) is 0 Å². The number of methoxy groups -OCH3 is 2. The van der Waals surface area contributed by atoms with Crippen LogP contribution in [-0.2, 0) is 14.3 Å². The zero-order chi connectivity index (χ0) is 11.8. The van der Waals surface area contributed by atoms with Crippen LogP contribution in [0.2, 0.25) is 0 Å². The van der Waals surface area contributed by atoms with Gasteiger partial charge in [0.25, 0.3) is 0 Å². The molecular weight excluding hydrogens is 194 g/mol. The monoisotopic (exact) mass is 217 g/mol. The van der Waals surface area contributed by atoms with Crippen molar-refractivity contribution in [1.82, 2.24) is 4.90 Å². The fourth-order valence-electron chi connectivity index (χ4n) is 1.40. The molecule has 0 aromatic carbocycles. The lowest BCUT2D eigenvalue weighted by Crippen LogP contribution is -2.44. The van der Waals surface area contributed by atoms with Gasteiger partial charge in [-0.15, -0.1) is 0 Å². The van der Waals surface area contributed by atoms with Crippen LogP contribution in [0.1, 0.15) is 20.8 Å². The first-order valence-electron chi connectivity index (χ1n) is 5.32. The van der Waals surface area contributed by atoms with E-state index >= 15 is 0 Å². The van der Waals surface area contributed by atoms with Gasteiger partial charge >= 0.3 is 0 Å². The Kier molecular flexibility index (Phi) is 7.34. The first-order chi connectivity index (χ1) is 7.04. The van der Waals surface area contributed by atoms with E-state index in [-0.39, 0.29) is 17.9 Å². The van der Waals surface area contributed by atoms with E-state index in [1.165, 1.54) is 0 Å². The van der Waals surface area contributed by atoms with E-state index in [0.29, 0.717) is 19.8 Å². The van der Waals surface area contributed by atoms with Crippen LogP contribution in [0.3, 0.4) is 0 Å². The number of rotatable bonds is 7. The molecule has 15 heavy (non-hydrogen) atoms. The summed E-state index contributed by atoms with van der Waals surface area (Å²) in [5.41, 5.74) is 0. The van der Waals surface area contributed by atoms with Gasteiger partial charge in [0, 0.05) is 26.7 Å². The van der Waals surface area contributed by atoms with Crippen LogP contribution in [0.25, 0.3) is 0 Å². The molecule has 0 bridgehead atoms. The SMILES string of the molecule is COCCN(C(=O)C(C)C)C(C)COC. The smallest absolute Gasteiger partial charge is 0.225 e. The summed E-state index contributed by atoms with van der Waals surface area (Å²) >= 11 is 0. The Hall–Kier alpha value is -0.610. The van der Waals surface area contributed by atoms with E-state index in [4.69, 9.17) is 9.47 Å². The number of hydrogen-bond acceptors (Lipinski definition) is 3. The summed E-state index contributed by atoms with van der Waals surface area (Å²) in [6.45, 7) is 7.54. The van der Waals surface area contributed by atoms with Crippen molar-refractivity contribution in [2.75, 3.05) is 34.0 Å². The number of ether oxygens (including phenoxy) is 2. The summed E-state index contributed by atoms with van der Waals surface area (Å²) in [6, 6.07) is 0.0973. The summed E-state index contributed by atoms with van der Waals surface area (Å²) in [7, 11) is 3.28. The van der Waals surface area contributed by atoms with Crippen molar-refractivity contribution in [3.05, 3.63) is 0 Å². The molecule has 0 aliphatic carbocycles. The predicted molar refractivity (Wildman–Crippen MR) is 59.8 cm³/mol. The van der Waals surface area contributed by atoms with Crippen molar-refractivity contribution < 1.29 is 14.3 Å². The summed E-state index contributed by atoms with van der Waals surface area (Å²) in [4.78, 5) is 13.7. The topological polar surface area (TPSA) is 38.8 Å².